The standard InChI is InChI=1S/C20H25N6O11PS/c21-9-1-3-25(17(29)23-9)15-11-13(28)20(36-15,7-32-11)8-34-38(31,39)37-14-12-16(35-19(14,5-27)6-33-12)26-4-2-10(22)24-18(26)30/h1-4,11-16,27-28H,5-8H2,(H,31,39)(H2,21,23,29)(H2,22,24,30)/t11-,12-,13?,14?,15+,16+,19+,20-,38?/m0/s1. The minimum Gasteiger partial charge on any atom is -0.393 e. The highest BCUT2D eigenvalue weighted by Gasteiger charge is 2.66. The van der Waals surface area contributed by atoms with E-state index in [1.54, 1.807) is 0 Å². The van der Waals surface area contributed by atoms with Gasteiger partial charge in [0.2, 0.25) is 0 Å². The summed E-state index contributed by atoms with van der Waals surface area (Å²) in [4.78, 5) is 32.0. The monoisotopic (exact) mass is 588 g/mol. The fourth-order valence-corrected chi connectivity index (χ4v) is 6.75. The zero-order chi connectivity index (χ0) is 27.7. The molecule has 212 valence electrons. The van der Waals surface area contributed by atoms with Gasteiger partial charge in [-0.3, -0.25) is 18.2 Å². The lowest BCUT2D eigenvalue weighted by atomic mass is 10.0. The van der Waals surface area contributed by atoms with Crippen LogP contribution in [0, 0.1) is 0 Å². The highest BCUT2D eigenvalue weighted by Crippen LogP contribution is 2.60. The van der Waals surface area contributed by atoms with Gasteiger partial charge >= 0.3 is 18.2 Å². The van der Waals surface area contributed by atoms with E-state index in [1.807, 2.05) is 0 Å². The minimum absolute atomic E-state index is 0.00635. The molecule has 4 aliphatic rings. The van der Waals surface area contributed by atoms with Crippen molar-refractivity contribution in [3.8, 4) is 0 Å². The first-order valence-corrected chi connectivity index (χ1v) is 14.4. The van der Waals surface area contributed by atoms with Crippen molar-refractivity contribution in [2.75, 3.05) is 37.9 Å². The van der Waals surface area contributed by atoms with Crippen LogP contribution in [0.5, 0.6) is 0 Å². The maximum absolute atomic E-state index is 13.4. The predicted molar refractivity (Wildman–Crippen MR) is 132 cm³/mol. The second-order valence-corrected chi connectivity index (χ2v) is 12.5. The van der Waals surface area contributed by atoms with Crippen molar-refractivity contribution < 1.29 is 42.8 Å². The summed E-state index contributed by atoms with van der Waals surface area (Å²) in [7, 11) is 0. The highest BCUT2D eigenvalue weighted by molar-refractivity contribution is 8.44. The lowest BCUT2D eigenvalue weighted by molar-refractivity contribution is -0.188. The Kier molecular flexibility index (Phi) is 6.42. The van der Waals surface area contributed by atoms with Gasteiger partial charge < -0.3 is 40.6 Å². The number of aliphatic hydroxyl groups excluding tert-OH is 2. The Bertz CT molecular complexity index is 1460. The SMILES string of the molecule is Nc1ccn([C@@H]2O[C@]3(COP(=O)(S)OC4[C@@H]5OC[C@@]4(CO)O[C@H]5n4ccc(N)nc4=O)CO[C@H]2C3O)c(=O)n1. The molecule has 4 saturated heterocycles. The third-order valence-corrected chi connectivity index (χ3v) is 8.80. The molecule has 6 rings (SSSR count). The molecule has 3 unspecified atom stereocenters. The first kappa shape index (κ1) is 26.8. The molecule has 4 aliphatic heterocycles. The van der Waals surface area contributed by atoms with E-state index in [0.717, 1.165) is 9.13 Å². The molecule has 0 radical (unpaired) electrons. The van der Waals surface area contributed by atoms with Crippen molar-refractivity contribution in [1.82, 2.24) is 19.1 Å². The molecule has 19 heteroatoms. The summed E-state index contributed by atoms with van der Waals surface area (Å²) in [6, 6.07) is 2.77. The zero-order valence-electron chi connectivity index (χ0n) is 20.0. The number of aliphatic hydroxyl groups is 2. The van der Waals surface area contributed by atoms with Crippen LogP contribution >= 0.6 is 19.0 Å². The normalized spacial score (nSPS) is 38.3. The number of nitrogen functional groups attached to an aromatic ring is 2. The van der Waals surface area contributed by atoms with Crippen molar-refractivity contribution >= 4 is 30.7 Å². The number of fused-ring (bicyclic) bond motifs is 4. The minimum atomic E-state index is -4.24. The summed E-state index contributed by atoms with van der Waals surface area (Å²) in [5, 5.41) is 21.0. The second-order valence-electron chi connectivity index (χ2n) is 9.65. The topological polar surface area (TPSA) is 235 Å². The number of ether oxygens (including phenoxy) is 4. The van der Waals surface area contributed by atoms with Crippen molar-refractivity contribution in [3.63, 3.8) is 0 Å². The predicted octanol–water partition coefficient (Wildman–Crippen LogP) is -2.21. The van der Waals surface area contributed by atoms with Crippen LogP contribution in [0.3, 0.4) is 0 Å². The van der Waals surface area contributed by atoms with E-state index in [0.29, 0.717) is 0 Å². The molecule has 17 nitrogen and oxygen atoms in total. The van der Waals surface area contributed by atoms with Gasteiger partial charge in [0.1, 0.15) is 47.3 Å². The third-order valence-electron chi connectivity index (χ3n) is 7.22. The average Bonchev–Trinajstić information content (AvgIpc) is 3.57. The number of aromatic nitrogens is 4. The molecule has 2 aromatic rings. The smallest absolute Gasteiger partial charge is 0.386 e. The summed E-state index contributed by atoms with van der Waals surface area (Å²) >= 11 is 4.07. The van der Waals surface area contributed by atoms with Crippen LogP contribution in [0.1, 0.15) is 12.5 Å². The number of anilines is 2. The Morgan fingerprint density at radius 3 is 2.15 bits per heavy atom. The molecule has 0 aliphatic carbocycles. The Labute approximate surface area is 224 Å². The number of nitrogens with zero attached hydrogens (tertiary/aromatic N) is 4. The van der Waals surface area contributed by atoms with E-state index in [4.69, 9.17) is 39.5 Å². The van der Waals surface area contributed by atoms with Crippen molar-refractivity contribution in [3.05, 3.63) is 45.5 Å². The maximum Gasteiger partial charge on any atom is 0.386 e. The fourth-order valence-electron chi connectivity index (χ4n) is 5.23. The van der Waals surface area contributed by atoms with Crippen LogP contribution in [0.4, 0.5) is 11.6 Å². The van der Waals surface area contributed by atoms with E-state index >= 15 is 0 Å². The van der Waals surface area contributed by atoms with Gasteiger partial charge in [0.25, 0.3) is 0 Å². The number of thiol groups is 1. The molecule has 4 bridgehead atoms. The summed E-state index contributed by atoms with van der Waals surface area (Å²) in [6.07, 6.45) is -3.74. The van der Waals surface area contributed by atoms with Crippen LogP contribution in [-0.4, -0.2) is 91.4 Å². The Morgan fingerprint density at radius 1 is 1.03 bits per heavy atom. The molecule has 0 saturated carbocycles. The van der Waals surface area contributed by atoms with Gasteiger partial charge in [-0.15, -0.1) is 0 Å². The van der Waals surface area contributed by atoms with Gasteiger partial charge in [0, 0.05) is 12.4 Å². The lowest BCUT2D eigenvalue weighted by Gasteiger charge is -2.32. The van der Waals surface area contributed by atoms with Gasteiger partial charge in [-0.25, -0.2) is 14.2 Å². The number of nitrogens with two attached hydrogens (primary N) is 2. The van der Waals surface area contributed by atoms with E-state index in [-0.39, 0.29) is 24.8 Å². The molecule has 0 amide bonds. The van der Waals surface area contributed by atoms with Crippen molar-refractivity contribution in [1.29, 1.82) is 0 Å². The third kappa shape index (κ3) is 4.31. The Morgan fingerprint density at radius 2 is 1.56 bits per heavy atom. The van der Waals surface area contributed by atoms with Crippen LogP contribution in [0.25, 0.3) is 0 Å². The van der Waals surface area contributed by atoms with Crippen LogP contribution in [-0.2, 0) is 32.6 Å². The molecule has 0 aromatic carbocycles. The van der Waals surface area contributed by atoms with E-state index < -0.39 is 79.5 Å². The molecular weight excluding hydrogens is 563 g/mol. The van der Waals surface area contributed by atoms with Crippen molar-refractivity contribution in [2.24, 2.45) is 0 Å². The van der Waals surface area contributed by atoms with Gasteiger partial charge in [-0.1, -0.05) is 12.2 Å². The highest BCUT2D eigenvalue weighted by atomic mass is 32.7. The number of hydrogen-bond acceptors (Lipinski definition) is 15. The largest absolute Gasteiger partial charge is 0.393 e. The van der Waals surface area contributed by atoms with Crippen LogP contribution in [0.2, 0.25) is 0 Å². The second kappa shape index (κ2) is 9.34. The summed E-state index contributed by atoms with van der Waals surface area (Å²) < 4.78 is 50.0. The first-order valence-electron chi connectivity index (χ1n) is 11.7. The van der Waals surface area contributed by atoms with Gasteiger partial charge in [-0.05, 0) is 12.1 Å². The van der Waals surface area contributed by atoms with Crippen LogP contribution < -0.4 is 22.8 Å². The average molecular weight is 588 g/mol. The van der Waals surface area contributed by atoms with Crippen LogP contribution in [0.15, 0.2) is 34.1 Å². The summed E-state index contributed by atoms with van der Waals surface area (Å²) in [5.74, 6) is 0.0215. The molecule has 6 heterocycles. The Hall–Kier alpha value is -2.38. The molecule has 0 spiro atoms. The fraction of sp³-hybridized carbons (Fsp3) is 0.600. The molecule has 6 N–H and O–H groups in total. The Balaban J connectivity index is 1.18. The maximum atomic E-state index is 13.4. The zero-order valence-corrected chi connectivity index (χ0v) is 21.8. The lowest BCUT2D eigenvalue weighted by Crippen LogP contribution is -2.46. The molecule has 4 fully saturated rings. The molecular formula is C20H25N6O11PS. The number of hydrogen-bond donors (Lipinski definition) is 5. The van der Waals surface area contributed by atoms with Gasteiger partial charge in [0.05, 0.1) is 26.4 Å². The first-order chi connectivity index (χ1) is 18.5. The molecule has 9 atom stereocenters. The van der Waals surface area contributed by atoms with E-state index in [9.17, 15) is 24.4 Å². The summed E-state index contributed by atoms with van der Waals surface area (Å²) in [5.41, 5.74) is 6.68. The van der Waals surface area contributed by atoms with Gasteiger partial charge in [-0.2, -0.15) is 9.97 Å². The molecule has 39 heavy (non-hydrogen) atoms. The van der Waals surface area contributed by atoms with Gasteiger partial charge in [0.15, 0.2) is 12.5 Å². The molecule has 2 aromatic heterocycles. The summed E-state index contributed by atoms with van der Waals surface area (Å²) in [6.45, 7) is -5.57. The van der Waals surface area contributed by atoms with E-state index in [1.165, 1.54) is 24.5 Å². The van der Waals surface area contributed by atoms with E-state index in [2.05, 4.69) is 22.2 Å². The quantitative estimate of drug-likeness (QED) is 0.162. The number of rotatable bonds is 8. The van der Waals surface area contributed by atoms with Crippen molar-refractivity contribution in [2.45, 2.75) is 48.1 Å².